The Labute approximate surface area is 61.1 Å². The second-order valence-corrected chi connectivity index (χ2v) is 2.23. The third kappa shape index (κ3) is 1.26. The second-order valence-electron chi connectivity index (χ2n) is 2.23. The van der Waals surface area contributed by atoms with E-state index in [1.54, 1.807) is 13.2 Å². The number of nitrogens with zero attached hydrogens (tertiary/aromatic N) is 1. The summed E-state index contributed by atoms with van der Waals surface area (Å²) in [5, 5.41) is 0. The van der Waals surface area contributed by atoms with E-state index < -0.39 is 0 Å². The fraction of sp³-hybridized carbons (Fsp3) is 0.375. The van der Waals surface area contributed by atoms with Gasteiger partial charge in [-0.05, 0) is 12.8 Å². The summed E-state index contributed by atoms with van der Waals surface area (Å²) in [6, 6.07) is 0. The van der Waals surface area contributed by atoms with Gasteiger partial charge in [0.2, 0.25) is 0 Å². The van der Waals surface area contributed by atoms with Crippen molar-refractivity contribution in [2.75, 3.05) is 7.05 Å². The van der Waals surface area contributed by atoms with E-state index in [9.17, 15) is 0 Å². The van der Waals surface area contributed by atoms with Crippen LogP contribution in [0.25, 0.3) is 0 Å². The Morgan fingerprint density at radius 3 is 3.00 bits per heavy atom. The van der Waals surface area contributed by atoms with Gasteiger partial charge in [-0.15, -0.1) is 0 Å². The molecule has 1 aliphatic rings. The quantitative estimate of drug-likeness (QED) is 0.534. The van der Waals surface area contributed by atoms with E-state index in [0.29, 0.717) is 0 Å². The zero-order valence-corrected chi connectivity index (χ0v) is 6.17. The number of nitrogens with two attached hydrogens (primary N) is 1. The van der Waals surface area contributed by atoms with Gasteiger partial charge in [-0.25, -0.2) is 0 Å². The van der Waals surface area contributed by atoms with Gasteiger partial charge in [0, 0.05) is 24.5 Å². The molecular weight excluding hydrogens is 124 g/mol. The maximum Gasteiger partial charge on any atom is 0.0434 e. The van der Waals surface area contributed by atoms with Crippen LogP contribution in [-0.4, -0.2) is 12.8 Å². The highest BCUT2D eigenvalue weighted by Crippen LogP contribution is 2.12. The molecule has 0 amide bonds. The molecule has 0 radical (unpaired) electrons. The SMILES string of the molecule is CN=C1CCC=CC1=CN. The number of hydrogen-bond donors (Lipinski definition) is 1. The van der Waals surface area contributed by atoms with Crippen LogP contribution in [0.5, 0.6) is 0 Å². The fourth-order valence-corrected chi connectivity index (χ4v) is 1.06. The molecule has 0 aromatic heterocycles. The molecular formula is C8H12N2. The highest BCUT2D eigenvalue weighted by molar-refractivity contribution is 6.03. The van der Waals surface area contributed by atoms with Gasteiger partial charge in [0.1, 0.15) is 0 Å². The van der Waals surface area contributed by atoms with Crippen LogP contribution in [0.15, 0.2) is 28.9 Å². The van der Waals surface area contributed by atoms with Crippen LogP contribution in [0.4, 0.5) is 0 Å². The lowest BCUT2D eigenvalue weighted by Crippen LogP contribution is -2.06. The molecule has 1 aliphatic carbocycles. The number of rotatable bonds is 0. The molecule has 0 bridgehead atoms. The summed E-state index contributed by atoms with van der Waals surface area (Å²) in [6.07, 6.45) is 7.86. The molecule has 0 atom stereocenters. The monoisotopic (exact) mass is 136 g/mol. The minimum absolute atomic E-state index is 1.02. The molecule has 0 aromatic carbocycles. The molecule has 0 spiro atoms. The van der Waals surface area contributed by atoms with Crippen LogP contribution >= 0.6 is 0 Å². The normalized spacial score (nSPS) is 26.1. The van der Waals surface area contributed by atoms with E-state index in [4.69, 9.17) is 5.73 Å². The van der Waals surface area contributed by atoms with Crippen molar-refractivity contribution < 1.29 is 0 Å². The number of hydrogen-bond acceptors (Lipinski definition) is 2. The summed E-state index contributed by atoms with van der Waals surface area (Å²) in [6.45, 7) is 0. The summed E-state index contributed by atoms with van der Waals surface area (Å²) < 4.78 is 0. The van der Waals surface area contributed by atoms with Gasteiger partial charge in [-0.3, -0.25) is 4.99 Å². The first-order chi connectivity index (χ1) is 4.88. The maximum absolute atomic E-state index is 5.38. The van der Waals surface area contributed by atoms with Crippen molar-refractivity contribution in [1.82, 2.24) is 0 Å². The minimum atomic E-state index is 1.02. The lowest BCUT2D eigenvalue weighted by Gasteiger charge is -2.08. The maximum atomic E-state index is 5.38. The lowest BCUT2D eigenvalue weighted by molar-refractivity contribution is 1.06. The fourth-order valence-electron chi connectivity index (χ4n) is 1.06. The van der Waals surface area contributed by atoms with E-state index >= 15 is 0 Å². The van der Waals surface area contributed by atoms with E-state index in [1.165, 1.54) is 0 Å². The van der Waals surface area contributed by atoms with E-state index in [-0.39, 0.29) is 0 Å². The highest BCUT2D eigenvalue weighted by Gasteiger charge is 2.05. The molecule has 10 heavy (non-hydrogen) atoms. The first-order valence-electron chi connectivity index (χ1n) is 3.43. The van der Waals surface area contributed by atoms with E-state index in [2.05, 4.69) is 11.1 Å². The molecule has 2 nitrogen and oxygen atoms in total. The Hall–Kier alpha value is -1.05. The molecule has 0 saturated carbocycles. The molecule has 0 aromatic rings. The van der Waals surface area contributed by atoms with E-state index in [1.807, 2.05) is 6.08 Å². The van der Waals surface area contributed by atoms with Gasteiger partial charge in [0.05, 0.1) is 0 Å². The van der Waals surface area contributed by atoms with Gasteiger partial charge < -0.3 is 5.73 Å². The first kappa shape index (κ1) is 7.06. The smallest absolute Gasteiger partial charge is 0.0434 e. The third-order valence-corrected chi connectivity index (χ3v) is 1.63. The molecule has 1 rings (SSSR count). The zero-order valence-electron chi connectivity index (χ0n) is 6.17. The van der Waals surface area contributed by atoms with Crippen LogP contribution in [0.2, 0.25) is 0 Å². The first-order valence-corrected chi connectivity index (χ1v) is 3.43. The standard InChI is InChI=1S/C8H12N2/c1-10-8-5-3-2-4-7(8)6-9/h2,4,6H,3,5,9H2,1H3. The average Bonchev–Trinajstić information content (AvgIpc) is 2.04. The van der Waals surface area contributed by atoms with Gasteiger partial charge in [0.25, 0.3) is 0 Å². The Kier molecular flexibility index (Phi) is 2.26. The summed E-state index contributed by atoms with van der Waals surface area (Å²) in [5.74, 6) is 0. The van der Waals surface area contributed by atoms with Gasteiger partial charge >= 0.3 is 0 Å². The average molecular weight is 136 g/mol. The predicted molar refractivity (Wildman–Crippen MR) is 44.0 cm³/mol. The molecule has 0 heterocycles. The van der Waals surface area contributed by atoms with Crippen molar-refractivity contribution in [2.45, 2.75) is 12.8 Å². The molecule has 0 saturated heterocycles. The lowest BCUT2D eigenvalue weighted by atomic mass is 10.0. The Bertz CT molecular complexity index is 199. The molecule has 0 fully saturated rings. The molecule has 0 unspecified atom stereocenters. The predicted octanol–water partition coefficient (Wildman–Crippen LogP) is 1.25. The Morgan fingerprint density at radius 1 is 1.70 bits per heavy atom. The van der Waals surface area contributed by atoms with Crippen LogP contribution in [0, 0.1) is 0 Å². The molecule has 2 N–H and O–H groups in total. The summed E-state index contributed by atoms with van der Waals surface area (Å²) in [5.41, 5.74) is 7.55. The van der Waals surface area contributed by atoms with Crippen molar-refractivity contribution in [3.05, 3.63) is 23.9 Å². The summed E-state index contributed by atoms with van der Waals surface area (Å²) >= 11 is 0. The summed E-state index contributed by atoms with van der Waals surface area (Å²) in [4.78, 5) is 4.12. The zero-order chi connectivity index (χ0) is 7.40. The van der Waals surface area contributed by atoms with Crippen molar-refractivity contribution in [3.8, 4) is 0 Å². The Balaban J connectivity index is 2.86. The summed E-state index contributed by atoms with van der Waals surface area (Å²) in [7, 11) is 1.80. The van der Waals surface area contributed by atoms with Gasteiger partial charge in [0.15, 0.2) is 0 Å². The Morgan fingerprint density at radius 2 is 2.50 bits per heavy atom. The minimum Gasteiger partial charge on any atom is -0.404 e. The topological polar surface area (TPSA) is 38.4 Å². The van der Waals surface area contributed by atoms with Crippen LogP contribution in [-0.2, 0) is 0 Å². The van der Waals surface area contributed by atoms with Crippen LogP contribution < -0.4 is 5.73 Å². The number of aliphatic imine (C=N–C) groups is 1. The molecule has 54 valence electrons. The van der Waals surface area contributed by atoms with Crippen LogP contribution in [0.1, 0.15) is 12.8 Å². The van der Waals surface area contributed by atoms with Crippen molar-refractivity contribution in [3.63, 3.8) is 0 Å². The molecule has 2 heteroatoms. The van der Waals surface area contributed by atoms with Gasteiger partial charge in [-0.1, -0.05) is 12.2 Å². The third-order valence-electron chi connectivity index (χ3n) is 1.63. The van der Waals surface area contributed by atoms with E-state index in [0.717, 1.165) is 24.1 Å². The number of allylic oxidation sites excluding steroid dienone is 3. The second kappa shape index (κ2) is 3.20. The largest absolute Gasteiger partial charge is 0.404 e. The van der Waals surface area contributed by atoms with Crippen molar-refractivity contribution in [1.29, 1.82) is 0 Å². The van der Waals surface area contributed by atoms with Crippen LogP contribution in [0.3, 0.4) is 0 Å². The highest BCUT2D eigenvalue weighted by atomic mass is 14.7. The molecule has 0 aliphatic heterocycles. The van der Waals surface area contributed by atoms with Crippen molar-refractivity contribution >= 4 is 5.71 Å². The van der Waals surface area contributed by atoms with Crippen molar-refractivity contribution in [2.24, 2.45) is 10.7 Å². The van der Waals surface area contributed by atoms with Gasteiger partial charge in [-0.2, -0.15) is 0 Å².